The molecule has 0 unspecified atom stereocenters. The molecule has 0 bridgehead atoms. The zero-order valence-corrected chi connectivity index (χ0v) is 14.5. The third kappa shape index (κ3) is 3.02. The highest BCUT2D eigenvalue weighted by atomic mass is 32.1. The van der Waals surface area contributed by atoms with Gasteiger partial charge in [0.15, 0.2) is 11.6 Å². The minimum absolute atomic E-state index is 0.0633. The molecule has 25 heavy (non-hydrogen) atoms. The number of ether oxygens (including phenoxy) is 1. The third-order valence-corrected chi connectivity index (χ3v) is 5.07. The van der Waals surface area contributed by atoms with Crippen molar-refractivity contribution in [2.24, 2.45) is 0 Å². The lowest BCUT2D eigenvalue weighted by molar-refractivity contribution is -0.147. The molecular formula is C18H17N3O3S. The Morgan fingerprint density at radius 3 is 3.04 bits per heavy atom. The number of thiazole rings is 1. The second-order valence-corrected chi connectivity index (χ2v) is 6.98. The first-order valence-corrected chi connectivity index (χ1v) is 8.96. The number of fused-ring (bicyclic) bond motifs is 2. The molecule has 0 radical (unpaired) electrons. The normalized spacial score (nSPS) is 16.2. The first-order valence-electron chi connectivity index (χ1n) is 8.08. The molecule has 7 heteroatoms. The standard InChI is InChI=1S/C18H17N3O3S/c1-12-8-13-4-2-3-5-15(13)21(12)16(22)11-24-17(23)9-14-10-20-6-7-25-18(20)19-14/h2-7,10,12H,8-9,11H2,1H3/t12-/m1/s1. The quantitative estimate of drug-likeness (QED) is 0.675. The summed E-state index contributed by atoms with van der Waals surface area (Å²) in [7, 11) is 0. The number of hydrogen-bond acceptors (Lipinski definition) is 5. The van der Waals surface area contributed by atoms with Gasteiger partial charge in [0, 0.05) is 29.5 Å². The number of carbonyl (C=O) groups is 2. The zero-order chi connectivity index (χ0) is 17.4. The van der Waals surface area contributed by atoms with Crippen LogP contribution in [0.4, 0.5) is 5.69 Å². The van der Waals surface area contributed by atoms with E-state index in [0.717, 1.165) is 22.6 Å². The number of amides is 1. The van der Waals surface area contributed by atoms with Gasteiger partial charge in [-0.3, -0.25) is 14.0 Å². The fraction of sp³-hybridized carbons (Fsp3) is 0.278. The van der Waals surface area contributed by atoms with Crippen molar-refractivity contribution in [3.8, 4) is 0 Å². The molecule has 3 heterocycles. The summed E-state index contributed by atoms with van der Waals surface area (Å²) >= 11 is 1.50. The molecule has 0 saturated heterocycles. The van der Waals surface area contributed by atoms with Crippen LogP contribution >= 0.6 is 11.3 Å². The van der Waals surface area contributed by atoms with Gasteiger partial charge in [-0.05, 0) is 25.0 Å². The van der Waals surface area contributed by atoms with E-state index in [4.69, 9.17) is 4.74 Å². The number of aromatic nitrogens is 2. The van der Waals surface area contributed by atoms with Crippen molar-refractivity contribution >= 4 is 33.9 Å². The molecule has 0 saturated carbocycles. The highest BCUT2D eigenvalue weighted by molar-refractivity contribution is 7.15. The molecule has 1 aliphatic heterocycles. The van der Waals surface area contributed by atoms with E-state index in [1.54, 1.807) is 11.1 Å². The Bertz CT molecular complexity index is 917. The fourth-order valence-electron chi connectivity index (χ4n) is 3.22. The van der Waals surface area contributed by atoms with Crippen LogP contribution in [0.2, 0.25) is 0 Å². The van der Waals surface area contributed by atoms with Crippen LogP contribution in [-0.2, 0) is 27.2 Å². The van der Waals surface area contributed by atoms with E-state index in [2.05, 4.69) is 4.98 Å². The highest BCUT2D eigenvalue weighted by Gasteiger charge is 2.30. The van der Waals surface area contributed by atoms with Crippen molar-refractivity contribution in [2.75, 3.05) is 11.5 Å². The van der Waals surface area contributed by atoms with Gasteiger partial charge in [0.05, 0.1) is 12.1 Å². The van der Waals surface area contributed by atoms with Crippen LogP contribution in [0, 0.1) is 0 Å². The van der Waals surface area contributed by atoms with E-state index in [9.17, 15) is 9.59 Å². The van der Waals surface area contributed by atoms with E-state index in [-0.39, 0.29) is 25.0 Å². The minimum atomic E-state index is -0.445. The Balaban J connectivity index is 1.37. The minimum Gasteiger partial charge on any atom is -0.455 e. The van der Waals surface area contributed by atoms with Crippen LogP contribution in [0.3, 0.4) is 0 Å². The van der Waals surface area contributed by atoms with Gasteiger partial charge in [0.1, 0.15) is 0 Å². The highest BCUT2D eigenvalue weighted by Crippen LogP contribution is 2.31. The van der Waals surface area contributed by atoms with E-state index < -0.39 is 5.97 Å². The summed E-state index contributed by atoms with van der Waals surface area (Å²) in [5, 5.41) is 1.93. The average molecular weight is 355 g/mol. The molecule has 1 amide bonds. The second kappa shape index (κ2) is 6.33. The monoisotopic (exact) mass is 355 g/mol. The molecule has 1 aromatic carbocycles. The predicted octanol–water partition coefficient (Wildman–Crippen LogP) is 2.46. The number of imidazole rings is 1. The maximum absolute atomic E-state index is 12.5. The van der Waals surface area contributed by atoms with Crippen LogP contribution in [0.15, 0.2) is 42.0 Å². The Morgan fingerprint density at radius 1 is 1.36 bits per heavy atom. The van der Waals surface area contributed by atoms with Gasteiger partial charge in [-0.15, -0.1) is 11.3 Å². The number of esters is 1. The van der Waals surface area contributed by atoms with Crippen molar-refractivity contribution in [3.63, 3.8) is 0 Å². The van der Waals surface area contributed by atoms with Gasteiger partial charge in [0.2, 0.25) is 0 Å². The van der Waals surface area contributed by atoms with Gasteiger partial charge >= 0.3 is 5.97 Å². The van der Waals surface area contributed by atoms with Crippen molar-refractivity contribution in [2.45, 2.75) is 25.8 Å². The lowest BCUT2D eigenvalue weighted by atomic mass is 10.1. The predicted molar refractivity (Wildman–Crippen MR) is 94.8 cm³/mol. The molecule has 0 N–H and O–H groups in total. The van der Waals surface area contributed by atoms with Crippen LogP contribution in [0.25, 0.3) is 4.96 Å². The summed E-state index contributed by atoms with van der Waals surface area (Å²) in [6.45, 7) is 1.75. The molecule has 3 aromatic rings. The van der Waals surface area contributed by atoms with Crippen LogP contribution in [0.5, 0.6) is 0 Å². The number of hydrogen-bond donors (Lipinski definition) is 0. The molecule has 6 nitrogen and oxygen atoms in total. The number of carbonyl (C=O) groups excluding carboxylic acids is 2. The number of rotatable bonds is 4. The lowest BCUT2D eigenvalue weighted by Gasteiger charge is -2.22. The van der Waals surface area contributed by atoms with Crippen molar-refractivity contribution < 1.29 is 14.3 Å². The van der Waals surface area contributed by atoms with Crippen LogP contribution < -0.4 is 4.90 Å². The Hall–Kier alpha value is -2.67. The molecule has 128 valence electrons. The Kier molecular flexibility index (Phi) is 4.01. The number of anilines is 1. The summed E-state index contributed by atoms with van der Waals surface area (Å²) in [4.78, 5) is 31.4. The summed E-state index contributed by atoms with van der Waals surface area (Å²) in [5.41, 5.74) is 2.70. The largest absolute Gasteiger partial charge is 0.455 e. The summed E-state index contributed by atoms with van der Waals surface area (Å²) in [5.74, 6) is -0.643. The SMILES string of the molecule is C[C@@H]1Cc2ccccc2N1C(=O)COC(=O)Cc1cn2ccsc2n1. The lowest BCUT2D eigenvalue weighted by Crippen LogP contribution is -2.38. The van der Waals surface area contributed by atoms with E-state index >= 15 is 0 Å². The van der Waals surface area contributed by atoms with Gasteiger partial charge in [-0.2, -0.15) is 0 Å². The number of benzene rings is 1. The smallest absolute Gasteiger partial charge is 0.312 e. The van der Waals surface area contributed by atoms with E-state index in [1.807, 2.05) is 47.2 Å². The van der Waals surface area contributed by atoms with Gasteiger partial charge in [-0.1, -0.05) is 18.2 Å². The van der Waals surface area contributed by atoms with E-state index in [0.29, 0.717) is 5.69 Å². The van der Waals surface area contributed by atoms with Gasteiger partial charge in [-0.25, -0.2) is 4.98 Å². The first-order chi connectivity index (χ1) is 12.1. The van der Waals surface area contributed by atoms with Gasteiger partial charge < -0.3 is 9.64 Å². The third-order valence-electron chi connectivity index (χ3n) is 4.30. The molecule has 1 atom stereocenters. The Labute approximate surface area is 148 Å². The second-order valence-electron chi connectivity index (χ2n) is 6.11. The maximum atomic E-state index is 12.5. The molecule has 2 aromatic heterocycles. The average Bonchev–Trinajstić information content (AvgIpc) is 3.24. The first kappa shape index (κ1) is 15.8. The molecule has 1 aliphatic rings. The zero-order valence-electron chi connectivity index (χ0n) is 13.7. The summed E-state index contributed by atoms with van der Waals surface area (Å²) in [6.07, 6.45) is 4.57. The topological polar surface area (TPSA) is 63.9 Å². The number of para-hydroxylation sites is 1. The summed E-state index contributed by atoms with van der Waals surface area (Å²) in [6, 6.07) is 7.90. The molecule has 4 rings (SSSR count). The fourth-order valence-corrected chi connectivity index (χ4v) is 3.94. The van der Waals surface area contributed by atoms with Crippen molar-refractivity contribution in [1.29, 1.82) is 0 Å². The summed E-state index contributed by atoms with van der Waals surface area (Å²) < 4.78 is 7.04. The van der Waals surface area contributed by atoms with Gasteiger partial charge in [0.25, 0.3) is 5.91 Å². The Morgan fingerprint density at radius 2 is 2.20 bits per heavy atom. The van der Waals surface area contributed by atoms with Crippen molar-refractivity contribution in [1.82, 2.24) is 9.38 Å². The van der Waals surface area contributed by atoms with Crippen LogP contribution in [-0.4, -0.2) is 33.9 Å². The number of nitrogens with zero attached hydrogens (tertiary/aromatic N) is 3. The molecule has 0 spiro atoms. The molecule has 0 aliphatic carbocycles. The maximum Gasteiger partial charge on any atom is 0.312 e. The molecule has 0 fully saturated rings. The molecular weight excluding hydrogens is 338 g/mol. The van der Waals surface area contributed by atoms with Crippen molar-refractivity contribution in [3.05, 3.63) is 53.3 Å². The van der Waals surface area contributed by atoms with E-state index in [1.165, 1.54) is 11.3 Å². The van der Waals surface area contributed by atoms with Crippen LogP contribution in [0.1, 0.15) is 18.2 Å².